The van der Waals surface area contributed by atoms with E-state index in [1.807, 2.05) is 12.2 Å². The molecule has 1 amide bonds. The summed E-state index contributed by atoms with van der Waals surface area (Å²) in [6.07, 6.45) is -4.19. The van der Waals surface area contributed by atoms with E-state index in [1.54, 1.807) is 11.8 Å². The van der Waals surface area contributed by atoms with Crippen molar-refractivity contribution >= 4 is 5.91 Å². The summed E-state index contributed by atoms with van der Waals surface area (Å²) in [6.45, 7) is 3.08. The number of alkyl halides is 3. The number of rotatable bonds is 3. The van der Waals surface area contributed by atoms with Crippen LogP contribution in [0.4, 0.5) is 13.2 Å². The Hall–Kier alpha value is -0.820. The van der Waals surface area contributed by atoms with Gasteiger partial charge in [0.1, 0.15) is 6.54 Å². The number of nitrogens with zero attached hydrogens (tertiary/aromatic N) is 1. The molecule has 0 spiro atoms. The second-order valence-electron chi connectivity index (χ2n) is 4.84. The first kappa shape index (κ1) is 15.2. The fourth-order valence-corrected chi connectivity index (χ4v) is 1.93. The Bertz CT molecular complexity index is 297. The highest BCUT2D eigenvalue weighted by Crippen LogP contribution is 2.19. The van der Waals surface area contributed by atoms with E-state index < -0.39 is 30.8 Å². The maximum Gasteiger partial charge on any atom is 0.405 e. The monoisotopic (exact) mass is 268 g/mol. The van der Waals surface area contributed by atoms with Gasteiger partial charge in [0.05, 0.1) is 12.1 Å². The first-order chi connectivity index (χ1) is 8.20. The minimum absolute atomic E-state index is 0.159. The molecule has 1 saturated heterocycles. The zero-order valence-electron chi connectivity index (χ0n) is 10.5. The van der Waals surface area contributed by atoms with E-state index >= 15 is 0 Å². The summed E-state index contributed by atoms with van der Waals surface area (Å²) in [6, 6.07) is -0.658. The van der Waals surface area contributed by atoms with Crippen LogP contribution in [-0.4, -0.2) is 53.9 Å². The van der Waals surface area contributed by atoms with Gasteiger partial charge in [0.15, 0.2) is 0 Å². The van der Waals surface area contributed by atoms with Crippen molar-refractivity contribution in [3.8, 4) is 0 Å². The van der Waals surface area contributed by atoms with Gasteiger partial charge in [-0.2, -0.15) is 13.2 Å². The number of amides is 1. The predicted molar refractivity (Wildman–Crippen MR) is 59.9 cm³/mol. The van der Waals surface area contributed by atoms with E-state index in [0.29, 0.717) is 13.1 Å². The van der Waals surface area contributed by atoms with E-state index in [2.05, 4.69) is 0 Å². The van der Waals surface area contributed by atoms with Crippen LogP contribution in [0.15, 0.2) is 0 Å². The maximum absolute atomic E-state index is 12.0. The van der Waals surface area contributed by atoms with E-state index in [-0.39, 0.29) is 5.92 Å². The molecule has 0 aromatic heterocycles. The van der Waals surface area contributed by atoms with Gasteiger partial charge in [0.2, 0.25) is 5.91 Å². The number of hydrogen-bond acceptors (Lipinski definition) is 3. The third-order valence-corrected chi connectivity index (χ3v) is 3.34. The molecule has 2 N–H and O–H groups in total. The van der Waals surface area contributed by atoms with Gasteiger partial charge in [0.25, 0.3) is 0 Å². The zero-order chi connectivity index (χ0) is 13.9. The summed E-state index contributed by atoms with van der Waals surface area (Å²) >= 11 is 0. The summed E-state index contributed by atoms with van der Waals surface area (Å²) < 4.78 is 35.9. The van der Waals surface area contributed by atoms with Crippen molar-refractivity contribution in [1.82, 2.24) is 10.2 Å². The van der Waals surface area contributed by atoms with Crippen LogP contribution < -0.4 is 5.32 Å². The highest BCUT2D eigenvalue weighted by atomic mass is 19.4. The lowest BCUT2D eigenvalue weighted by Gasteiger charge is -2.37. The number of halogens is 3. The van der Waals surface area contributed by atoms with Crippen LogP contribution in [0.5, 0.6) is 0 Å². The highest BCUT2D eigenvalue weighted by Gasteiger charge is 2.32. The van der Waals surface area contributed by atoms with Crippen molar-refractivity contribution in [2.45, 2.75) is 38.6 Å². The molecule has 1 aliphatic rings. The minimum atomic E-state index is -4.40. The van der Waals surface area contributed by atoms with Gasteiger partial charge in [0, 0.05) is 6.54 Å². The van der Waals surface area contributed by atoms with Gasteiger partial charge in [-0.05, 0) is 25.8 Å². The molecule has 0 aromatic rings. The number of aliphatic hydroxyl groups is 1. The van der Waals surface area contributed by atoms with Gasteiger partial charge in [-0.25, -0.2) is 0 Å². The molecule has 1 fully saturated rings. The Kier molecular flexibility index (Phi) is 4.98. The third kappa shape index (κ3) is 4.45. The number of aliphatic hydroxyl groups excluding tert-OH is 1. The summed E-state index contributed by atoms with van der Waals surface area (Å²) in [5, 5.41) is 11.5. The summed E-state index contributed by atoms with van der Waals surface area (Å²) in [5.41, 5.74) is 0. The van der Waals surface area contributed by atoms with Crippen molar-refractivity contribution in [2.75, 3.05) is 19.6 Å². The molecule has 3 atom stereocenters. The minimum Gasteiger partial charge on any atom is -0.392 e. The standard InChI is InChI=1S/C11H19F3N2O2/c1-7-3-4-16(5-9(7)17)8(2)10(18)15-6-11(12,13)14/h7-9,17H,3-6H2,1-2H3,(H,15,18). The first-order valence-corrected chi connectivity index (χ1v) is 5.97. The Morgan fingerprint density at radius 3 is 2.67 bits per heavy atom. The molecule has 7 heteroatoms. The van der Waals surface area contributed by atoms with Crippen LogP contribution in [0.25, 0.3) is 0 Å². The number of carbonyl (C=O) groups is 1. The lowest BCUT2D eigenvalue weighted by molar-refractivity contribution is -0.142. The van der Waals surface area contributed by atoms with Crippen LogP contribution >= 0.6 is 0 Å². The van der Waals surface area contributed by atoms with Gasteiger partial charge in [-0.3, -0.25) is 9.69 Å². The quantitative estimate of drug-likeness (QED) is 0.794. The van der Waals surface area contributed by atoms with E-state index in [4.69, 9.17) is 0 Å². The molecule has 3 unspecified atom stereocenters. The van der Waals surface area contributed by atoms with Gasteiger partial charge < -0.3 is 10.4 Å². The molecule has 0 radical (unpaired) electrons. The Labute approximate surface area is 104 Å². The molecular formula is C11H19F3N2O2. The number of carbonyl (C=O) groups excluding carboxylic acids is 1. The summed E-state index contributed by atoms with van der Waals surface area (Å²) in [5.74, 6) is -0.499. The highest BCUT2D eigenvalue weighted by molar-refractivity contribution is 5.81. The molecule has 106 valence electrons. The summed E-state index contributed by atoms with van der Waals surface area (Å²) in [4.78, 5) is 13.2. The predicted octanol–water partition coefficient (Wildman–Crippen LogP) is 0.756. The van der Waals surface area contributed by atoms with Crippen molar-refractivity contribution in [3.63, 3.8) is 0 Å². The van der Waals surface area contributed by atoms with Gasteiger partial charge in [-0.15, -0.1) is 0 Å². The molecule has 18 heavy (non-hydrogen) atoms. The smallest absolute Gasteiger partial charge is 0.392 e. The number of piperidine rings is 1. The molecule has 0 aromatic carbocycles. The van der Waals surface area contributed by atoms with Crippen molar-refractivity contribution in [2.24, 2.45) is 5.92 Å². The average Bonchev–Trinajstić information content (AvgIpc) is 2.27. The number of nitrogens with one attached hydrogen (secondary N) is 1. The first-order valence-electron chi connectivity index (χ1n) is 5.97. The van der Waals surface area contributed by atoms with Crippen molar-refractivity contribution < 1.29 is 23.1 Å². The van der Waals surface area contributed by atoms with Gasteiger partial charge >= 0.3 is 6.18 Å². The lowest BCUT2D eigenvalue weighted by atomic mass is 9.95. The molecular weight excluding hydrogens is 249 g/mol. The third-order valence-electron chi connectivity index (χ3n) is 3.34. The zero-order valence-corrected chi connectivity index (χ0v) is 10.5. The molecule has 0 saturated carbocycles. The van der Waals surface area contributed by atoms with Crippen molar-refractivity contribution in [3.05, 3.63) is 0 Å². The van der Waals surface area contributed by atoms with Gasteiger partial charge in [-0.1, -0.05) is 6.92 Å². The van der Waals surface area contributed by atoms with Crippen LogP contribution in [0.2, 0.25) is 0 Å². The van der Waals surface area contributed by atoms with E-state index in [9.17, 15) is 23.1 Å². The number of β-amino-alcohol motifs (C(OH)–C–C–N with tert-alkyl or cyclic N) is 1. The van der Waals surface area contributed by atoms with E-state index in [1.165, 1.54) is 0 Å². The molecule has 1 aliphatic heterocycles. The fourth-order valence-electron chi connectivity index (χ4n) is 1.93. The number of hydrogen-bond donors (Lipinski definition) is 2. The van der Waals surface area contributed by atoms with E-state index in [0.717, 1.165) is 6.42 Å². The molecule has 0 bridgehead atoms. The average molecular weight is 268 g/mol. The maximum atomic E-state index is 12.0. The largest absolute Gasteiger partial charge is 0.405 e. The van der Waals surface area contributed by atoms with Crippen LogP contribution in [-0.2, 0) is 4.79 Å². The van der Waals surface area contributed by atoms with Crippen molar-refractivity contribution in [1.29, 1.82) is 0 Å². The Morgan fingerprint density at radius 2 is 2.17 bits per heavy atom. The summed E-state index contributed by atoms with van der Waals surface area (Å²) in [7, 11) is 0. The topological polar surface area (TPSA) is 52.6 Å². The second kappa shape index (κ2) is 5.88. The fraction of sp³-hybridized carbons (Fsp3) is 0.909. The second-order valence-corrected chi connectivity index (χ2v) is 4.84. The Balaban J connectivity index is 2.44. The molecule has 1 rings (SSSR count). The lowest BCUT2D eigenvalue weighted by Crippen LogP contribution is -2.53. The van der Waals surface area contributed by atoms with Crippen LogP contribution in [0.1, 0.15) is 20.3 Å². The van der Waals surface area contributed by atoms with Crippen LogP contribution in [0.3, 0.4) is 0 Å². The van der Waals surface area contributed by atoms with Crippen LogP contribution in [0, 0.1) is 5.92 Å². The SMILES string of the molecule is CC1CCN(C(C)C(=O)NCC(F)(F)F)CC1O. The number of likely N-dealkylation sites (tertiary alicyclic amines) is 1. The normalized spacial score (nSPS) is 27.9. The molecule has 0 aliphatic carbocycles. The Morgan fingerprint density at radius 1 is 1.56 bits per heavy atom. The molecule has 4 nitrogen and oxygen atoms in total. The molecule has 1 heterocycles.